The Morgan fingerprint density at radius 3 is 2.79 bits per heavy atom. The van der Waals surface area contributed by atoms with E-state index in [-0.39, 0.29) is 6.42 Å². The summed E-state index contributed by atoms with van der Waals surface area (Å²) in [5.41, 5.74) is 2.56. The number of carbonyl (C=O) groups is 1. The van der Waals surface area contributed by atoms with Gasteiger partial charge in [-0.3, -0.25) is 4.79 Å². The van der Waals surface area contributed by atoms with Crippen molar-refractivity contribution < 1.29 is 14.6 Å². The monoisotopic (exact) mass is 264 g/mol. The summed E-state index contributed by atoms with van der Waals surface area (Å²) in [6.07, 6.45) is 4.24. The van der Waals surface area contributed by atoms with E-state index < -0.39 is 5.97 Å². The second-order valence-corrected chi connectivity index (χ2v) is 4.55. The first-order chi connectivity index (χ1) is 9.22. The summed E-state index contributed by atoms with van der Waals surface area (Å²) < 4.78 is 5.37. The molecule has 0 aromatic heterocycles. The molecule has 2 rings (SSSR count). The fourth-order valence-corrected chi connectivity index (χ4v) is 2.70. The number of carboxylic acid groups (broad SMARTS) is 1. The van der Waals surface area contributed by atoms with E-state index in [2.05, 4.69) is 6.07 Å². The molecule has 1 N–H and O–H groups in total. The average molecular weight is 264 g/mol. The zero-order valence-electron chi connectivity index (χ0n) is 12.1. The van der Waals surface area contributed by atoms with E-state index in [0.29, 0.717) is 5.92 Å². The number of aliphatic carboxylic acids is 1. The van der Waals surface area contributed by atoms with Gasteiger partial charge in [-0.2, -0.15) is 0 Å². The molecule has 0 saturated heterocycles. The number of fused-ring (bicyclic) bond motifs is 1. The summed E-state index contributed by atoms with van der Waals surface area (Å²) in [6, 6.07) is 6.10. The van der Waals surface area contributed by atoms with Crippen LogP contribution in [-0.2, 0) is 11.2 Å². The quantitative estimate of drug-likeness (QED) is 0.893. The van der Waals surface area contributed by atoms with Gasteiger partial charge in [0.2, 0.25) is 0 Å². The van der Waals surface area contributed by atoms with Gasteiger partial charge in [-0.1, -0.05) is 26.0 Å². The second-order valence-electron chi connectivity index (χ2n) is 4.55. The van der Waals surface area contributed by atoms with Gasteiger partial charge >= 0.3 is 5.97 Å². The molecule has 0 spiro atoms. The van der Waals surface area contributed by atoms with Gasteiger partial charge in [0.25, 0.3) is 0 Å². The molecule has 0 aliphatic heterocycles. The summed E-state index contributed by atoms with van der Waals surface area (Å²) in [5, 5.41) is 8.77. The first-order valence-corrected chi connectivity index (χ1v) is 7.10. The number of methoxy groups -OCH3 is 1. The molecule has 0 bridgehead atoms. The van der Waals surface area contributed by atoms with Crippen LogP contribution in [-0.4, -0.2) is 18.2 Å². The average Bonchev–Trinajstić information content (AvgIpc) is 2.46. The van der Waals surface area contributed by atoms with Gasteiger partial charge in [-0.15, -0.1) is 0 Å². The maximum Gasteiger partial charge on any atom is 0.303 e. The number of rotatable bonds is 4. The Kier molecular flexibility index (Phi) is 6.40. The topological polar surface area (TPSA) is 46.5 Å². The van der Waals surface area contributed by atoms with Crippen LogP contribution in [0.4, 0.5) is 0 Å². The van der Waals surface area contributed by atoms with Crippen LogP contribution in [0.25, 0.3) is 0 Å². The predicted octanol–water partition coefficient (Wildman–Crippen LogP) is 4.01. The zero-order chi connectivity index (χ0) is 14.3. The number of ether oxygens (including phenoxy) is 1. The van der Waals surface area contributed by atoms with E-state index in [1.54, 1.807) is 7.11 Å². The lowest BCUT2D eigenvalue weighted by molar-refractivity contribution is -0.137. The third-order valence-electron chi connectivity index (χ3n) is 3.52. The van der Waals surface area contributed by atoms with Crippen LogP contribution in [0.1, 0.15) is 56.6 Å². The van der Waals surface area contributed by atoms with Crippen molar-refractivity contribution in [1.82, 2.24) is 0 Å². The highest BCUT2D eigenvalue weighted by Crippen LogP contribution is 2.38. The second kappa shape index (κ2) is 7.82. The van der Waals surface area contributed by atoms with Gasteiger partial charge in [-0.05, 0) is 48.8 Å². The van der Waals surface area contributed by atoms with Crippen molar-refractivity contribution in [2.45, 2.75) is 51.9 Å². The molecule has 1 aliphatic rings. The van der Waals surface area contributed by atoms with Crippen LogP contribution in [0.15, 0.2) is 18.2 Å². The van der Waals surface area contributed by atoms with E-state index in [4.69, 9.17) is 9.84 Å². The minimum atomic E-state index is -0.708. The molecule has 1 aromatic rings. The minimum absolute atomic E-state index is 0.251. The van der Waals surface area contributed by atoms with E-state index in [1.165, 1.54) is 11.1 Å². The Bertz CT molecular complexity index is 412. The largest absolute Gasteiger partial charge is 0.496 e. The van der Waals surface area contributed by atoms with Crippen molar-refractivity contribution in [3.8, 4) is 5.75 Å². The molecule has 1 unspecified atom stereocenters. The SMILES string of the molecule is CC.COc1cccc2c1CCCC2CCC(=O)O. The standard InChI is InChI=1S/C14H18O3.C2H6/c1-17-13-7-3-5-11-10(8-9-14(15)16)4-2-6-12(11)13;1-2/h3,5,7,10H,2,4,6,8-9H2,1H3,(H,15,16);1-2H3. The first kappa shape index (κ1) is 15.5. The molecule has 1 aliphatic carbocycles. The molecule has 19 heavy (non-hydrogen) atoms. The minimum Gasteiger partial charge on any atom is -0.496 e. The third kappa shape index (κ3) is 3.98. The Morgan fingerprint density at radius 1 is 1.42 bits per heavy atom. The molecule has 0 amide bonds. The molecule has 1 aromatic carbocycles. The third-order valence-corrected chi connectivity index (χ3v) is 3.52. The maximum absolute atomic E-state index is 10.7. The molecular weight excluding hydrogens is 240 g/mol. The highest BCUT2D eigenvalue weighted by atomic mass is 16.5. The molecule has 3 nitrogen and oxygen atoms in total. The van der Waals surface area contributed by atoms with Crippen molar-refractivity contribution in [3.05, 3.63) is 29.3 Å². The summed E-state index contributed by atoms with van der Waals surface area (Å²) >= 11 is 0. The van der Waals surface area contributed by atoms with E-state index in [9.17, 15) is 4.79 Å². The first-order valence-electron chi connectivity index (χ1n) is 7.10. The van der Waals surface area contributed by atoms with Crippen LogP contribution in [0.2, 0.25) is 0 Å². The van der Waals surface area contributed by atoms with Gasteiger partial charge < -0.3 is 9.84 Å². The Balaban J connectivity index is 0.000000861. The Labute approximate surface area is 115 Å². The summed E-state index contributed by atoms with van der Waals surface area (Å²) in [6.45, 7) is 4.00. The normalized spacial score (nSPS) is 16.9. The Hall–Kier alpha value is -1.51. The van der Waals surface area contributed by atoms with Crippen molar-refractivity contribution >= 4 is 5.97 Å². The van der Waals surface area contributed by atoms with Crippen molar-refractivity contribution in [1.29, 1.82) is 0 Å². The molecule has 0 fully saturated rings. The highest BCUT2D eigenvalue weighted by molar-refractivity contribution is 5.66. The number of hydrogen-bond acceptors (Lipinski definition) is 2. The van der Waals surface area contributed by atoms with Crippen molar-refractivity contribution in [2.24, 2.45) is 0 Å². The van der Waals surface area contributed by atoms with E-state index >= 15 is 0 Å². The Morgan fingerprint density at radius 2 is 2.16 bits per heavy atom. The van der Waals surface area contributed by atoms with Crippen LogP contribution in [0, 0.1) is 0 Å². The molecule has 106 valence electrons. The molecule has 0 radical (unpaired) electrons. The molecule has 3 heteroatoms. The van der Waals surface area contributed by atoms with Gasteiger partial charge in [0.1, 0.15) is 5.75 Å². The van der Waals surface area contributed by atoms with Crippen molar-refractivity contribution in [3.63, 3.8) is 0 Å². The van der Waals surface area contributed by atoms with Gasteiger partial charge in [0, 0.05) is 6.42 Å². The molecule has 0 saturated carbocycles. The van der Waals surface area contributed by atoms with Gasteiger partial charge in [-0.25, -0.2) is 0 Å². The van der Waals surface area contributed by atoms with E-state index in [1.807, 2.05) is 26.0 Å². The van der Waals surface area contributed by atoms with Crippen LogP contribution >= 0.6 is 0 Å². The fourth-order valence-electron chi connectivity index (χ4n) is 2.70. The highest BCUT2D eigenvalue weighted by Gasteiger charge is 2.22. The smallest absolute Gasteiger partial charge is 0.303 e. The van der Waals surface area contributed by atoms with E-state index in [0.717, 1.165) is 31.4 Å². The lowest BCUT2D eigenvalue weighted by atomic mass is 9.80. The lowest BCUT2D eigenvalue weighted by Gasteiger charge is -2.26. The molecule has 0 heterocycles. The number of carboxylic acids is 1. The fraction of sp³-hybridized carbons (Fsp3) is 0.562. The maximum atomic E-state index is 10.7. The molecular formula is C16H24O3. The summed E-state index contributed by atoms with van der Waals surface area (Å²) in [5.74, 6) is 0.618. The van der Waals surface area contributed by atoms with Gasteiger partial charge in [0.05, 0.1) is 7.11 Å². The summed E-state index contributed by atoms with van der Waals surface area (Å²) in [4.78, 5) is 10.7. The van der Waals surface area contributed by atoms with Crippen LogP contribution in [0.5, 0.6) is 5.75 Å². The zero-order valence-corrected chi connectivity index (χ0v) is 12.1. The van der Waals surface area contributed by atoms with Gasteiger partial charge in [0.15, 0.2) is 0 Å². The molecule has 1 atom stereocenters. The number of benzene rings is 1. The van der Waals surface area contributed by atoms with Crippen LogP contribution < -0.4 is 4.74 Å². The van der Waals surface area contributed by atoms with Crippen LogP contribution in [0.3, 0.4) is 0 Å². The van der Waals surface area contributed by atoms with Crippen molar-refractivity contribution in [2.75, 3.05) is 7.11 Å². The lowest BCUT2D eigenvalue weighted by Crippen LogP contribution is -2.12. The summed E-state index contributed by atoms with van der Waals surface area (Å²) in [7, 11) is 1.69. The predicted molar refractivity (Wildman–Crippen MR) is 76.9 cm³/mol. The number of hydrogen-bond donors (Lipinski definition) is 1.